The molecule has 8 nitrogen and oxygen atoms in total. The van der Waals surface area contributed by atoms with Gasteiger partial charge in [0.1, 0.15) is 0 Å². The number of hydrogen-bond acceptors (Lipinski definition) is 5. The van der Waals surface area contributed by atoms with Crippen LogP contribution in [0.15, 0.2) is 29.3 Å². The van der Waals surface area contributed by atoms with E-state index in [0.717, 1.165) is 23.1 Å². The summed E-state index contributed by atoms with van der Waals surface area (Å²) in [5, 5.41) is 14.3. The van der Waals surface area contributed by atoms with E-state index in [1.807, 2.05) is 6.92 Å². The molecule has 4 rings (SSSR count). The molecular weight excluding hydrogens is 368 g/mol. The van der Waals surface area contributed by atoms with Crippen LogP contribution >= 0.6 is 0 Å². The summed E-state index contributed by atoms with van der Waals surface area (Å²) in [6.45, 7) is 1.82. The Morgan fingerprint density at radius 1 is 1.26 bits per heavy atom. The van der Waals surface area contributed by atoms with E-state index in [0.29, 0.717) is 29.7 Å². The van der Waals surface area contributed by atoms with Crippen LogP contribution in [0.3, 0.4) is 0 Å². The van der Waals surface area contributed by atoms with Gasteiger partial charge in [0.15, 0.2) is 5.65 Å². The molecule has 1 aliphatic carbocycles. The number of anilines is 1. The summed E-state index contributed by atoms with van der Waals surface area (Å²) in [4.78, 5) is 15.7. The second-order valence-electron chi connectivity index (χ2n) is 6.68. The van der Waals surface area contributed by atoms with Crippen LogP contribution in [-0.4, -0.2) is 34.3 Å². The van der Waals surface area contributed by atoms with Crippen LogP contribution in [0.25, 0.3) is 11.0 Å². The summed E-state index contributed by atoms with van der Waals surface area (Å²) < 4.78 is 30.2. The van der Waals surface area contributed by atoms with Gasteiger partial charge >= 0.3 is 5.97 Å². The van der Waals surface area contributed by atoms with E-state index in [2.05, 4.69) is 14.8 Å². The molecule has 0 aliphatic heterocycles. The number of benzene rings is 1. The molecule has 0 bridgehead atoms. The van der Waals surface area contributed by atoms with E-state index in [9.17, 15) is 18.3 Å². The summed E-state index contributed by atoms with van der Waals surface area (Å²) >= 11 is 0. The maximum atomic E-state index is 13.0. The minimum absolute atomic E-state index is 0.0206. The Labute approximate surface area is 155 Å². The Kier molecular flexibility index (Phi) is 3.92. The fourth-order valence-electron chi connectivity index (χ4n) is 3.60. The lowest BCUT2D eigenvalue weighted by atomic mass is 10.1. The SMILES string of the molecule is Cc1nn(C)c2ncc(NS(=O)(=O)c3cc(C(=O)O)cc4c3CCC4)cc12. The number of nitrogens with one attached hydrogen (secondary N) is 1. The average molecular weight is 386 g/mol. The van der Waals surface area contributed by atoms with Crippen molar-refractivity contribution >= 4 is 32.7 Å². The number of hydrogen-bond donors (Lipinski definition) is 2. The number of pyridine rings is 1. The first-order valence-electron chi connectivity index (χ1n) is 8.47. The van der Waals surface area contributed by atoms with Crippen molar-refractivity contribution in [3.8, 4) is 0 Å². The van der Waals surface area contributed by atoms with E-state index >= 15 is 0 Å². The number of aromatic nitrogens is 3. The zero-order valence-electron chi connectivity index (χ0n) is 14.9. The first-order chi connectivity index (χ1) is 12.8. The van der Waals surface area contributed by atoms with Gasteiger partial charge < -0.3 is 5.11 Å². The largest absolute Gasteiger partial charge is 0.478 e. The molecule has 0 spiro atoms. The smallest absolute Gasteiger partial charge is 0.335 e. The highest BCUT2D eigenvalue weighted by Gasteiger charge is 2.26. The lowest BCUT2D eigenvalue weighted by Crippen LogP contribution is -2.16. The topological polar surface area (TPSA) is 114 Å². The Hall–Kier alpha value is -2.94. The van der Waals surface area contributed by atoms with Crippen molar-refractivity contribution in [2.24, 2.45) is 7.05 Å². The molecule has 0 radical (unpaired) electrons. The molecule has 0 saturated heterocycles. The van der Waals surface area contributed by atoms with Gasteiger partial charge in [0.2, 0.25) is 0 Å². The van der Waals surface area contributed by atoms with Crippen LogP contribution in [0.4, 0.5) is 5.69 Å². The molecule has 2 aromatic heterocycles. The van der Waals surface area contributed by atoms with E-state index < -0.39 is 16.0 Å². The molecule has 0 fully saturated rings. The third-order valence-electron chi connectivity index (χ3n) is 4.83. The molecule has 0 amide bonds. The molecule has 9 heteroatoms. The maximum absolute atomic E-state index is 13.0. The molecule has 0 unspecified atom stereocenters. The van der Waals surface area contributed by atoms with Crippen LogP contribution in [-0.2, 0) is 29.9 Å². The zero-order valence-corrected chi connectivity index (χ0v) is 15.7. The van der Waals surface area contributed by atoms with E-state index in [4.69, 9.17) is 0 Å². The highest BCUT2D eigenvalue weighted by molar-refractivity contribution is 7.92. The number of rotatable bonds is 4. The quantitative estimate of drug-likeness (QED) is 0.711. The summed E-state index contributed by atoms with van der Waals surface area (Å²) in [6.07, 6.45) is 3.54. The number of aryl methyl sites for hydroxylation is 3. The Morgan fingerprint density at radius 3 is 2.78 bits per heavy atom. The fourth-order valence-corrected chi connectivity index (χ4v) is 4.97. The highest BCUT2D eigenvalue weighted by Crippen LogP contribution is 2.31. The normalized spacial score (nSPS) is 13.7. The summed E-state index contributed by atoms with van der Waals surface area (Å²) in [5.74, 6) is -1.14. The van der Waals surface area contributed by atoms with Crippen LogP contribution in [0.5, 0.6) is 0 Å². The van der Waals surface area contributed by atoms with Crippen molar-refractivity contribution in [2.75, 3.05) is 4.72 Å². The van der Waals surface area contributed by atoms with Gasteiger partial charge in [-0.1, -0.05) is 0 Å². The molecule has 0 atom stereocenters. The summed E-state index contributed by atoms with van der Waals surface area (Å²) in [6, 6.07) is 4.48. The van der Waals surface area contributed by atoms with E-state index in [1.54, 1.807) is 23.9 Å². The predicted octanol–water partition coefficient (Wildman–Crippen LogP) is 2.26. The van der Waals surface area contributed by atoms with Gasteiger partial charge in [0.05, 0.1) is 28.0 Å². The number of fused-ring (bicyclic) bond motifs is 2. The minimum Gasteiger partial charge on any atom is -0.478 e. The van der Waals surface area contributed by atoms with Crippen molar-refractivity contribution in [1.29, 1.82) is 0 Å². The predicted molar refractivity (Wildman–Crippen MR) is 99.5 cm³/mol. The van der Waals surface area contributed by atoms with Gasteiger partial charge in [-0.05, 0) is 55.5 Å². The van der Waals surface area contributed by atoms with Gasteiger partial charge in [-0.25, -0.2) is 18.2 Å². The van der Waals surface area contributed by atoms with Crippen molar-refractivity contribution in [3.05, 3.63) is 46.8 Å². The number of sulfonamides is 1. The van der Waals surface area contributed by atoms with Crippen LogP contribution in [0, 0.1) is 6.92 Å². The Balaban J connectivity index is 1.79. The maximum Gasteiger partial charge on any atom is 0.335 e. The number of aromatic carboxylic acids is 1. The molecule has 3 aromatic rings. The first-order valence-corrected chi connectivity index (χ1v) is 9.96. The third kappa shape index (κ3) is 2.93. The molecule has 0 saturated carbocycles. The number of carbonyl (C=O) groups is 1. The molecule has 27 heavy (non-hydrogen) atoms. The van der Waals surface area contributed by atoms with Gasteiger partial charge in [-0.15, -0.1) is 0 Å². The molecule has 2 heterocycles. The van der Waals surface area contributed by atoms with Crippen LogP contribution in [0.2, 0.25) is 0 Å². The Bertz CT molecular complexity index is 1200. The summed E-state index contributed by atoms with van der Waals surface area (Å²) in [5.41, 5.74) is 3.17. The zero-order chi connectivity index (χ0) is 19.3. The van der Waals surface area contributed by atoms with E-state index in [-0.39, 0.29) is 10.5 Å². The fraction of sp³-hybridized carbons (Fsp3) is 0.278. The third-order valence-corrected chi connectivity index (χ3v) is 6.27. The lowest BCUT2D eigenvalue weighted by molar-refractivity contribution is 0.0696. The highest BCUT2D eigenvalue weighted by atomic mass is 32.2. The molecule has 140 valence electrons. The standard InChI is InChI=1S/C18H18N4O4S/c1-10-15-8-13(9-19-17(15)22(2)20-10)21-27(25,26)16-7-12(18(23)24)6-11-4-3-5-14(11)16/h6-9,21H,3-5H2,1-2H3,(H,23,24). The average Bonchev–Trinajstić information content (AvgIpc) is 3.18. The molecule has 2 N–H and O–H groups in total. The van der Waals surface area contributed by atoms with Crippen molar-refractivity contribution in [1.82, 2.24) is 14.8 Å². The van der Waals surface area contributed by atoms with Crippen molar-refractivity contribution < 1.29 is 18.3 Å². The first kappa shape index (κ1) is 17.5. The number of carboxylic acids is 1. The van der Waals surface area contributed by atoms with Gasteiger partial charge in [-0.2, -0.15) is 5.10 Å². The molecule has 1 aliphatic rings. The van der Waals surface area contributed by atoms with Crippen LogP contribution in [0.1, 0.15) is 33.6 Å². The van der Waals surface area contributed by atoms with Crippen LogP contribution < -0.4 is 4.72 Å². The second kappa shape index (κ2) is 6.05. The van der Waals surface area contributed by atoms with E-state index in [1.165, 1.54) is 12.3 Å². The van der Waals surface area contributed by atoms with Gasteiger partial charge in [-0.3, -0.25) is 9.40 Å². The number of nitrogens with zero attached hydrogens (tertiary/aromatic N) is 3. The van der Waals surface area contributed by atoms with Gasteiger partial charge in [0, 0.05) is 12.4 Å². The molecule has 1 aromatic carbocycles. The summed E-state index contributed by atoms with van der Waals surface area (Å²) in [7, 11) is -2.18. The van der Waals surface area contributed by atoms with Crippen molar-refractivity contribution in [3.63, 3.8) is 0 Å². The van der Waals surface area contributed by atoms with Crippen molar-refractivity contribution in [2.45, 2.75) is 31.1 Å². The lowest BCUT2D eigenvalue weighted by Gasteiger charge is -2.13. The van der Waals surface area contributed by atoms with Gasteiger partial charge in [0.25, 0.3) is 10.0 Å². The minimum atomic E-state index is -3.95. The monoisotopic (exact) mass is 386 g/mol. The second-order valence-corrected chi connectivity index (χ2v) is 8.33. The number of carboxylic acid groups (broad SMARTS) is 1. The Morgan fingerprint density at radius 2 is 2.04 bits per heavy atom. The molecular formula is C18H18N4O4S.